The summed E-state index contributed by atoms with van der Waals surface area (Å²) in [5.74, 6) is 0. The lowest BCUT2D eigenvalue weighted by atomic mass is 10.4. The minimum Gasteiger partial charge on any atom is -0.225 e. The number of rotatable bonds is 1. The van der Waals surface area contributed by atoms with E-state index in [0.29, 0.717) is 9.50 Å². The highest BCUT2D eigenvalue weighted by Gasteiger charge is 2.14. The van der Waals surface area contributed by atoms with Crippen molar-refractivity contribution in [2.45, 2.75) is 4.90 Å². The summed E-state index contributed by atoms with van der Waals surface area (Å²) in [4.78, 5) is -0.148. The van der Waals surface area contributed by atoms with Gasteiger partial charge in [0, 0.05) is 4.47 Å². The smallest absolute Gasteiger partial charge is 0.225 e. The fraction of sp³-hybridized carbons (Fsp3) is 0. The molecule has 0 saturated heterocycles. The van der Waals surface area contributed by atoms with Gasteiger partial charge in [0.1, 0.15) is 4.90 Å². The van der Waals surface area contributed by atoms with Crippen LogP contribution in [0.1, 0.15) is 0 Å². The Morgan fingerprint density at radius 2 is 1.77 bits per heavy atom. The minimum atomic E-state index is -3.79. The standard InChI is InChI=1S/C6H4BrCl2NO2S/c7-3-1-6(13(10,11)12)5(9)2-4(3)8/h1-2H,(H2,10,11,12). The second-order valence-corrected chi connectivity index (χ2v) is 5.44. The van der Waals surface area contributed by atoms with Crippen LogP contribution in [0.3, 0.4) is 0 Å². The number of halogens is 3. The number of hydrogen-bond acceptors (Lipinski definition) is 2. The van der Waals surface area contributed by atoms with E-state index < -0.39 is 10.0 Å². The molecule has 7 heteroatoms. The molecule has 0 aromatic heterocycles. The monoisotopic (exact) mass is 303 g/mol. The first-order valence-electron chi connectivity index (χ1n) is 2.99. The quantitative estimate of drug-likeness (QED) is 0.810. The Balaban J connectivity index is 3.50. The summed E-state index contributed by atoms with van der Waals surface area (Å²) in [5, 5.41) is 5.24. The first-order valence-corrected chi connectivity index (χ1v) is 6.09. The van der Waals surface area contributed by atoms with Crippen LogP contribution in [0.4, 0.5) is 0 Å². The van der Waals surface area contributed by atoms with Gasteiger partial charge in [-0.25, -0.2) is 13.6 Å². The van der Waals surface area contributed by atoms with Crippen molar-refractivity contribution in [2.75, 3.05) is 0 Å². The maximum atomic E-state index is 10.9. The summed E-state index contributed by atoms with van der Waals surface area (Å²) in [7, 11) is -3.79. The zero-order valence-corrected chi connectivity index (χ0v) is 10.0. The molecule has 1 rings (SSSR count). The predicted octanol–water partition coefficient (Wildman–Crippen LogP) is 2.40. The highest BCUT2D eigenvalue weighted by molar-refractivity contribution is 9.10. The van der Waals surface area contributed by atoms with Crippen LogP contribution >= 0.6 is 39.1 Å². The lowest BCUT2D eigenvalue weighted by Crippen LogP contribution is -2.12. The molecular formula is C6H4BrCl2NO2S. The molecule has 0 unspecified atom stereocenters. The van der Waals surface area contributed by atoms with E-state index in [-0.39, 0.29) is 9.92 Å². The second kappa shape index (κ2) is 3.74. The van der Waals surface area contributed by atoms with Gasteiger partial charge >= 0.3 is 0 Å². The third-order valence-electron chi connectivity index (χ3n) is 1.28. The second-order valence-electron chi connectivity index (χ2n) is 2.24. The zero-order valence-electron chi connectivity index (χ0n) is 6.09. The van der Waals surface area contributed by atoms with Crippen molar-refractivity contribution in [3.8, 4) is 0 Å². The fourth-order valence-electron chi connectivity index (χ4n) is 0.722. The fourth-order valence-corrected chi connectivity index (χ4v) is 2.54. The molecule has 0 saturated carbocycles. The minimum absolute atomic E-state index is 0.00991. The van der Waals surface area contributed by atoms with Crippen LogP contribution < -0.4 is 5.14 Å². The Morgan fingerprint density at radius 3 is 2.23 bits per heavy atom. The Bertz CT molecular complexity index is 446. The summed E-state index contributed by atoms with van der Waals surface area (Å²) in [6, 6.07) is 2.58. The number of benzene rings is 1. The topological polar surface area (TPSA) is 60.2 Å². The average Bonchev–Trinajstić information content (AvgIpc) is 1.94. The summed E-state index contributed by atoms with van der Waals surface area (Å²) in [5.41, 5.74) is 0. The molecule has 0 radical (unpaired) electrons. The van der Waals surface area contributed by atoms with E-state index in [9.17, 15) is 8.42 Å². The summed E-state index contributed by atoms with van der Waals surface area (Å²) < 4.78 is 22.3. The van der Waals surface area contributed by atoms with E-state index in [0.717, 1.165) is 0 Å². The van der Waals surface area contributed by atoms with Crippen molar-refractivity contribution in [3.05, 3.63) is 26.7 Å². The molecule has 1 aromatic rings. The van der Waals surface area contributed by atoms with Crippen LogP contribution in [0.15, 0.2) is 21.5 Å². The lowest BCUT2D eigenvalue weighted by Gasteiger charge is -2.03. The van der Waals surface area contributed by atoms with Gasteiger partial charge in [-0.15, -0.1) is 0 Å². The van der Waals surface area contributed by atoms with E-state index in [1.54, 1.807) is 0 Å². The summed E-state index contributed by atoms with van der Waals surface area (Å²) in [6.07, 6.45) is 0. The maximum Gasteiger partial charge on any atom is 0.239 e. The third-order valence-corrected chi connectivity index (χ3v) is 3.85. The van der Waals surface area contributed by atoms with Crippen molar-refractivity contribution in [2.24, 2.45) is 5.14 Å². The normalized spacial score (nSPS) is 11.7. The Labute approximate surface area is 94.0 Å². The van der Waals surface area contributed by atoms with Crippen molar-refractivity contribution >= 4 is 49.2 Å². The number of primary sulfonamides is 1. The van der Waals surface area contributed by atoms with E-state index in [2.05, 4.69) is 15.9 Å². The molecule has 0 aliphatic heterocycles. The Hall–Kier alpha value is 0.190. The van der Waals surface area contributed by atoms with Gasteiger partial charge in [-0.05, 0) is 28.1 Å². The lowest BCUT2D eigenvalue weighted by molar-refractivity contribution is 0.598. The molecule has 3 nitrogen and oxygen atoms in total. The predicted molar refractivity (Wildman–Crippen MR) is 55.5 cm³/mol. The largest absolute Gasteiger partial charge is 0.239 e. The van der Waals surface area contributed by atoms with Gasteiger partial charge in [0.15, 0.2) is 0 Å². The van der Waals surface area contributed by atoms with Crippen LogP contribution in [0.5, 0.6) is 0 Å². The molecule has 1 aromatic carbocycles. The molecule has 13 heavy (non-hydrogen) atoms. The molecule has 72 valence electrons. The van der Waals surface area contributed by atoms with Crippen LogP contribution in [0.2, 0.25) is 10.0 Å². The maximum absolute atomic E-state index is 10.9. The van der Waals surface area contributed by atoms with Gasteiger partial charge in [-0.2, -0.15) is 0 Å². The van der Waals surface area contributed by atoms with E-state index in [1.165, 1.54) is 12.1 Å². The van der Waals surface area contributed by atoms with Crippen LogP contribution in [0, 0.1) is 0 Å². The molecule has 2 N–H and O–H groups in total. The Morgan fingerprint density at radius 1 is 1.23 bits per heavy atom. The van der Waals surface area contributed by atoms with E-state index in [1.807, 2.05) is 0 Å². The van der Waals surface area contributed by atoms with Crippen LogP contribution in [-0.2, 0) is 10.0 Å². The molecule has 0 fully saturated rings. The van der Waals surface area contributed by atoms with Crippen molar-refractivity contribution in [3.63, 3.8) is 0 Å². The first-order chi connectivity index (χ1) is 5.82. The molecule has 0 spiro atoms. The average molecular weight is 305 g/mol. The van der Waals surface area contributed by atoms with Crippen molar-refractivity contribution in [1.82, 2.24) is 0 Å². The molecule has 0 aliphatic carbocycles. The van der Waals surface area contributed by atoms with Gasteiger partial charge < -0.3 is 0 Å². The molecule has 0 heterocycles. The molecule has 0 amide bonds. The van der Waals surface area contributed by atoms with Gasteiger partial charge in [0.25, 0.3) is 0 Å². The summed E-state index contributed by atoms with van der Waals surface area (Å²) in [6.45, 7) is 0. The van der Waals surface area contributed by atoms with Crippen LogP contribution in [0.25, 0.3) is 0 Å². The van der Waals surface area contributed by atoms with E-state index >= 15 is 0 Å². The molecular weight excluding hydrogens is 301 g/mol. The van der Waals surface area contributed by atoms with Crippen LogP contribution in [-0.4, -0.2) is 8.42 Å². The number of sulfonamides is 1. The van der Waals surface area contributed by atoms with Crippen molar-refractivity contribution < 1.29 is 8.42 Å². The zero-order chi connectivity index (χ0) is 10.2. The van der Waals surface area contributed by atoms with Gasteiger partial charge in [0.2, 0.25) is 10.0 Å². The van der Waals surface area contributed by atoms with Gasteiger partial charge in [0.05, 0.1) is 10.0 Å². The third kappa shape index (κ3) is 2.57. The highest BCUT2D eigenvalue weighted by atomic mass is 79.9. The SMILES string of the molecule is NS(=O)(=O)c1cc(Br)c(Cl)cc1Cl. The van der Waals surface area contributed by atoms with Gasteiger partial charge in [-0.3, -0.25) is 0 Å². The number of hydrogen-bond donors (Lipinski definition) is 1. The molecule has 0 atom stereocenters. The molecule has 0 bridgehead atoms. The first kappa shape index (κ1) is 11.3. The number of nitrogens with two attached hydrogens (primary N) is 1. The Kier molecular flexibility index (Phi) is 3.24. The summed E-state index contributed by atoms with van der Waals surface area (Å²) >= 11 is 14.4. The van der Waals surface area contributed by atoms with E-state index in [4.69, 9.17) is 28.3 Å². The van der Waals surface area contributed by atoms with Crippen molar-refractivity contribution in [1.29, 1.82) is 0 Å². The highest BCUT2D eigenvalue weighted by Crippen LogP contribution is 2.30. The van der Waals surface area contributed by atoms with Gasteiger partial charge in [-0.1, -0.05) is 23.2 Å². The molecule has 0 aliphatic rings.